The number of nitrogens with zero attached hydrogens (tertiary/aromatic N) is 1. The molecule has 0 aromatic heterocycles. The molecule has 0 bridgehead atoms. The van der Waals surface area contributed by atoms with Gasteiger partial charge in [-0.25, -0.2) is 0 Å². The van der Waals surface area contributed by atoms with Gasteiger partial charge in [0, 0.05) is 12.0 Å². The van der Waals surface area contributed by atoms with Crippen molar-refractivity contribution in [3.8, 4) is 5.75 Å². The number of aliphatic hydroxyl groups is 1. The molecule has 6 amide bonds. The van der Waals surface area contributed by atoms with Crippen LogP contribution in [-0.4, -0.2) is 122 Å². The van der Waals surface area contributed by atoms with E-state index in [0.717, 1.165) is 0 Å². The Hall–Kier alpha value is -4.77. The zero-order valence-corrected chi connectivity index (χ0v) is 31.4. The minimum atomic E-state index is -1.72. The number of phenolic OH excluding ortho intramolecular Hbond substituents is 1. The summed E-state index contributed by atoms with van der Waals surface area (Å²) in [6.07, 6.45) is -1.56. The number of fused-ring (bicyclic) bond motifs is 1. The van der Waals surface area contributed by atoms with Crippen molar-refractivity contribution in [2.45, 2.75) is 135 Å². The van der Waals surface area contributed by atoms with Crippen LogP contribution in [0, 0.1) is 5.92 Å². The Morgan fingerprint density at radius 2 is 1.42 bits per heavy atom. The molecule has 2 aliphatic rings. The number of carbonyl (C=O) groups excluding carboxylic acids is 6. The summed E-state index contributed by atoms with van der Waals surface area (Å²) in [5.41, 5.74) is -0.132. The number of aromatic hydroxyl groups is 1. The van der Waals surface area contributed by atoms with Crippen molar-refractivity contribution >= 4 is 41.4 Å². The predicted octanol–water partition coefficient (Wildman–Crippen LogP) is -0.958. The van der Waals surface area contributed by atoms with Gasteiger partial charge in [-0.1, -0.05) is 26.0 Å². The van der Waals surface area contributed by atoms with Gasteiger partial charge in [0.2, 0.25) is 35.4 Å². The summed E-state index contributed by atoms with van der Waals surface area (Å²) in [7, 11) is 0. The molecular weight excluding hydrogens is 690 g/mol. The third kappa shape index (κ3) is 12.4. The van der Waals surface area contributed by atoms with Crippen molar-refractivity contribution in [3.05, 3.63) is 29.8 Å². The average molecular weight is 746 g/mol. The molecule has 1 aromatic carbocycles. The normalized spacial score (nSPS) is 27.6. The molecule has 9 N–H and O–H groups in total. The number of aliphatic carboxylic acids is 1. The van der Waals surface area contributed by atoms with Gasteiger partial charge < -0.3 is 47.2 Å². The molecule has 2 heterocycles. The van der Waals surface area contributed by atoms with E-state index in [2.05, 4.69) is 31.9 Å². The van der Waals surface area contributed by atoms with Crippen molar-refractivity contribution in [3.63, 3.8) is 0 Å². The van der Waals surface area contributed by atoms with Crippen molar-refractivity contribution < 1.29 is 48.9 Å². The Kier molecular flexibility index (Phi) is 14.7. The zero-order valence-electron chi connectivity index (χ0n) is 31.4. The summed E-state index contributed by atoms with van der Waals surface area (Å²) in [6.45, 7) is 11.9. The van der Waals surface area contributed by atoms with Gasteiger partial charge in [-0.05, 0) is 84.0 Å². The summed E-state index contributed by atoms with van der Waals surface area (Å²) >= 11 is 0. The monoisotopic (exact) mass is 745 g/mol. The number of amides is 6. The Labute approximate surface area is 309 Å². The van der Waals surface area contributed by atoms with Crippen LogP contribution >= 0.6 is 0 Å². The van der Waals surface area contributed by atoms with E-state index in [1.54, 1.807) is 58.6 Å². The molecule has 2 saturated heterocycles. The molecule has 0 aliphatic carbocycles. The van der Waals surface area contributed by atoms with Gasteiger partial charge in [0.15, 0.2) is 0 Å². The van der Waals surface area contributed by atoms with Crippen molar-refractivity contribution in [1.82, 2.24) is 36.8 Å². The van der Waals surface area contributed by atoms with Crippen LogP contribution in [0.15, 0.2) is 24.3 Å². The smallest absolute Gasteiger partial charge is 0.305 e. The van der Waals surface area contributed by atoms with E-state index in [-0.39, 0.29) is 31.1 Å². The van der Waals surface area contributed by atoms with E-state index in [1.807, 2.05) is 0 Å². The van der Waals surface area contributed by atoms with Gasteiger partial charge in [0.05, 0.1) is 24.6 Å². The first kappa shape index (κ1) is 42.6. The molecule has 0 radical (unpaired) electrons. The maximum Gasteiger partial charge on any atom is 0.305 e. The lowest BCUT2D eigenvalue weighted by molar-refractivity contribution is -0.142. The predicted molar refractivity (Wildman–Crippen MR) is 192 cm³/mol. The van der Waals surface area contributed by atoms with Crippen LogP contribution < -0.4 is 31.9 Å². The summed E-state index contributed by atoms with van der Waals surface area (Å²) in [5.74, 6) is -6.31. The number of hydrogen-bond acceptors (Lipinski definition) is 10. The topological polar surface area (TPSA) is 256 Å². The van der Waals surface area contributed by atoms with E-state index in [4.69, 9.17) is 0 Å². The number of aliphatic hydroxyl groups excluding tert-OH is 1. The lowest BCUT2D eigenvalue weighted by atomic mass is 9.99. The second-order valence-corrected chi connectivity index (χ2v) is 15.4. The molecule has 0 spiro atoms. The lowest BCUT2D eigenvalue weighted by Gasteiger charge is -2.38. The molecule has 8 atom stereocenters. The van der Waals surface area contributed by atoms with Gasteiger partial charge in [0.25, 0.3) is 0 Å². The third-order valence-electron chi connectivity index (χ3n) is 8.99. The number of hydrogen-bond donors (Lipinski definition) is 9. The molecule has 3 rings (SSSR count). The zero-order chi connectivity index (χ0) is 39.8. The highest BCUT2D eigenvalue weighted by atomic mass is 16.4. The lowest BCUT2D eigenvalue weighted by Crippen LogP contribution is -2.66. The van der Waals surface area contributed by atoms with Crippen LogP contribution in [0.3, 0.4) is 0 Å². The van der Waals surface area contributed by atoms with E-state index >= 15 is 0 Å². The SMILES string of the molecule is CC(C)C[C@@H]1NC(=O)[C@H](Cc2ccc(O)cc2)NC(=O)[C@@H]2CCCN2[C@@H](C(=O)NC(C)(C)C)[C@@H](C)NC(=O)[C@H]([C@@H](C)O)NC(=O)[C@H](CC(=O)O)NC1=O. The Morgan fingerprint density at radius 1 is 0.849 bits per heavy atom. The average Bonchev–Trinajstić information content (AvgIpc) is 3.50. The van der Waals surface area contributed by atoms with Gasteiger partial charge in [-0.2, -0.15) is 0 Å². The summed E-state index contributed by atoms with van der Waals surface area (Å²) in [4.78, 5) is 96.4. The maximum absolute atomic E-state index is 14.2. The Balaban J connectivity index is 2.16. The number of benzene rings is 1. The minimum Gasteiger partial charge on any atom is -0.508 e. The first-order valence-corrected chi connectivity index (χ1v) is 17.9. The van der Waals surface area contributed by atoms with Crippen LogP contribution in [0.4, 0.5) is 0 Å². The van der Waals surface area contributed by atoms with Crippen LogP contribution in [0.2, 0.25) is 0 Å². The molecule has 294 valence electrons. The number of carbonyl (C=O) groups is 7. The summed E-state index contributed by atoms with van der Waals surface area (Å²) in [6, 6.07) is -2.93. The number of phenols is 1. The molecule has 17 nitrogen and oxygen atoms in total. The van der Waals surface area contributed by atoms with Gasteiger partial charge in [0.1, 0.15) is 36.0 Å². The quantitative estimate of drug-likeness (QED) is 0.157. The van der Waals surface area contributed by atoms with Crippen LogP contribution in [0.25, 0.3) is 0 Å². The second-order valence-electron chi connectivity index (χ2n) is 15.4. The summed E-state index contributed by atoms with van der Waals surface area (Å²) in [5, 5.41) is 45.8. The van der Waals surface area contributed by atoms with Gasteiger partial charge >= 0.3 is 5.97 Å². The number of rotatable bonds is 8. The standard InChI is InChI=1S/C36H55N7O10/c1-18(2)15-23-30(48)39-25(17-27(46)47)32(50)41-28(20(4)44)34(52)37-19(3)29(35(53)42-36(5,6)7)43-14-8-9-26(43)33(51)40-24(31(49)38-23)16-21-10-12-22(45)13-11-21/h10-13,18-20,23-26,28-29,44-45H,8-9,14-17H2,1-7H3,(H,37,52)(H,38,49)(H,39,48)(H,40,51)(H,41,50)(H,42,53)(H,46,47)/t19-,20-,23+,24+,25+,26+,28+,29-/m1/s1. The number of carboxylic acid groups (broad SMARTS) is 1. The highest BCUT2D eigenvalue weighted by molar-refractivity contribution is 5.97. The highest BCUT2D eigenvalue weighted by Gasteiger charge is 2.44. The van der Waals surface area contributed by atoms with Gasteiger partial charge in [-0.15, -0.1) is 0 Å². The van der Waals surface area contributed by atoms with Crippen molar-refractivity contribution in [2.75, 3.05) is 6.54 Å². The highest BCUT2D eigenvalue weighted by Crippen LogP contribution is 2.24. The fourth-order valence-corrected chi connectivity index (χ4v) is 6.54. The molecule has 2 aliphatic heterocycles. The van der Waals surface area contributed by atoms with E-state index < -0.39 is 102 Å². The van der Waals surface area contributed by atoms with Crippen LogP contribution in [0.1, 0.15) is 79.7 Å². The fourth-order valence-electron chi connectivity index (χ4n) is 6.54. The minimum absolute atomic E-state index is 0.0114. The first-order chi connectivity index (χ1) is 24.7. The molecule has 0 saturated carbocycles. The van der Waals surface area contributed by atoms with Crippen LogP contribution in [-0.2, 0) is 40.0 Å². The van der Waals surface area contributed by atoms with Crippen LogP contribution in [0.5, 0.6) is 5.75 Å². The van der Waals surface area contributed by atoms with Gasteiger partial charge in [-0.3, -0.25) is 38.5 Å². The molecule has 53 heavy (non-hydrogen) atoms. The summed E-state index contributed by atoms with van der Waals surface area (Å²) < 4.78 is 0. The molecule has 2 fully saturated rings. The number of carboxylic acids is 1. The Bertz CT molecular complexity index is 1510. The first-order valence-electron chi connectivity index (χ1n) is 17.9. The number of nitrogens with one attached hydrogen (secondary N) is 6. The van der Waals surface area contributed by atoms with Crippen molar-refractivity contribution in [2.24, 2.45) is 5.92 Å². The molecular formula is C36H55N7O10. The fraction of sp³-hybridized carbons (Fsp3) is 0.639. The van der Waals surface area contributed by atoms with E-state index in [1.165, 1.54) is 19.1 Å². The molecule has 17 heteroatoms. The molecule has 0 unspecified atom stereocenters. The second kappa shape index (κ2) is 18.3. The third-order valence-corrected chi connectivity index (χ3v) is 8.99. The van der Waals surface area contributed by atoms with E-state index in [0.29, 0.717) is 18.4 Å². The molecule has 1 aromatic rings. The van der Waals surface area contributed by atoms with Crippen molar-refractivity contribution in [1.29, 1.82) is 0 Å². The maximum atomic E-state index is 14.2. The Morgan fingerprint density at radius 3 is 1.98 bits per heavy atom. The largest absolute Gasteiger partial charge is 0.508 e. The van der Waals surface area contributed by atoms with E-state index in [9.17, 15) is 48.9 Å².